The molecule has 36 heavy (non-hydrogen) atoms. The minimum atomic E-state index is -0.817. The van der Waals surface area contributed by atoms with Gasteiger partial charge in [-0.25, -0.2) is 9.59 Å². The van der Waals surface area contributed by atoms with Gasteiger partial charge in [-0.2, -0.15) is 0 Å². The molecule has 1 aliphatic rings. The number of urea groups is 1. The number of anilines is 2. The number of likely N-dealkylation sites (tertiary alicyclic amines) is 1. The van der Waals surface area contributed by atoms with Crippen LogP contribution in [-0.4, -0.2) is 60.9 Å². The molecule has 1 aromatic carbocycles. The summed E-state index contributed by atoms with van der Waals surface area (Å²) < 4.78 is 15.5. The number of Topliss-reactive ketones (excluding diaryl/α,β-unsaturated/α-hetero) is 1. The van der Waals surface area contributed by atoms with E-state index in [1.807, 2.05) is 6.07 Å². The second-order valence-corrected chi connectivity index (χ2v) is 8.25. The number of aryl methyl sites for hydroxylation is 1. The lowest BCUT2D eigenvalue weighted by atomic mass is 9.98. The van der Waals surface area contributed by atoms with Gasteiger partial charge in [0.1, 0.15) is 11.3 Å². The van der Waals surface area contributed by atoms with Crippen molar-refractivity contribution in [2.24, 2.45) is 5.92 Å². The first kappa shape index (κ1) is 26.5. The van der Waals surface area contributed by atoms with E-state index in [4.69, 9.17) is 13.9 Å². The first-order valence-electron chi connectivity index (χ1n) is 11.6. The van der Waals surface area contributed by atoms with Crippen LogP contribution in [0.1, 0.15) is 53.2 Å². The first-order valence-corrected chi connectivity index (χ1v) is 11.6. The molecule has 2 heterocycles. The monoisotopic (exact) mass is 499 g/mol. The Morgan fingerprint density at radius 3 is 2.44 bits per heavy atom. The Hall–Kier alpha value is -4.15. The third kappa shape index (κ3) is 6.49. The van der Waals surface area contributed by atoms with Crippen LogP contribution in [0.25, 0.3) is 0 Å². The number of furan rings is 1. The number of para-hydroxylation sites is 1. The lowest BCUT2D eigenvalue weighted by Crippen LogP contribution is -2.45. The maximum absolute atomic E-state index is 12.6. The van der Waals surface area contributed by atoms with Gasteiger partial charge < -0.3 is 24.1 Å². The molecule has 0 radical (unpaired) electrons. The van der Waals surface area contributed by atoms with Crippen molar-refractivity contribution < 1.29 is 37.9 Å². The van der Waals surface area contributed by atoms with Gasteiger partial charge in [-0.15, -0.1) is 0 Å². The van der Waals surface area contributed by atoms with Gasteiger partial charge in [0.05, 0.1) is 18.1 Å². The summed E-state index contributed by atoms with van der Waals surface area (Å²) in [6, 6.07) is 8.65. The molecule has 1 fully saturated rings. The lowest BCUT2D eigenvalue weighted by molar-refractivity contribution is -0.152. The molecule has 1 atom stereocenters. The summed E-state index contributed by atoms with van der Waals surface area (Å²) in [7, 11) is 0. The number of nitrogens with zero attached hydrogens (tertiary/aromatic N) is 1. The zero-order chi connectivity index (χ0) is 26.2. The van der Waals surface area contributed by atoms with Crippen LogP contribution in [0, 0.1) is 12.8 Å². The molecule has 0 saturated carbocycles. The maximum atomic E-state index is 12.6. The van der Waals surface area contributed by atoms with Gasteiger partial charge in [0.2, 0.25) is 5.88 Å². The summed E-state index contributed by atoms with van der Waals surface area (Å²) in [6.07, 6.45) is 1.12. The molecule has 192 valence electrons. The maximum Gasteiger partial charge on any atom is 0.344 e. The van der Waals surface area contributed by atoms with Crippen LogP contribution in [0.4, 0.5) is 16.4 Å². The minimum absolute atomic E-state index is 0.0109. The van der Waals surface area contributed by atoms with E-state index in [1.54, 1.807) is 31.2 Å². The van der Waals surface area contributed by atoms with E-state index in [-0.39, 0.29) is 42.0 Å². The Morgan fingerprint density at radius 2 is 1.78 bits per heavy atom. The number of carbonyl (C=O) groups excluding carboxylic acids is 5. The molecule has 11 nitrogen and oxygen atoms in total. The highest BCUT2D eigenvalue weighted by Crippen LogP contribution is 2.28. The number of ether oxygens (including phenoxy) is 2. The van der Waals surface area contributed by atoms with Crippen molar-refractivity contribution in [2.45, 2.75) is 33.6 Å². The SMILES string of the molecule is CCOC(=O)c1c(NC(=O)COC(=O)C2CCCN(C(=O)Nc3ccccc3)C2)oc(C)c1C(C)=O. The number of hydrogen-bond donors (Lipinski definition) is 2. The van der Waals surface area contributed by atoms with Gasteiger partial charge in [0.15, 0.2) is 12.4 Å². The van der Waals surface area contributed by atoms with Crippen LogP contribution in [0.5, 0.6) is 0 Å². The lowest BCUT2D eigenvalue weighted by Gasteiger charge is -2.31. The smallest absolute Gasteiger partial charge is 0.344 e. The number of ketones is 1. The molecule has 2 aromatic rings. The van der Waals surface area contributed by atoms with Crippen molar-refractivity contribution in [2.75, 3.05) is 36.9 Å². The van der Waals surface area contributed by atoms with Crippen LogP contribution in [-0.2, 0) is 19.1 Å². The fourth-order valence-corrected chi connectivity index (χ4v) is 3.95. The van der Waals surface area contributed by atoms with Crippen LogP contribution in [0.15, 0.2) is 34.7 Å². The fraction of sp³-hybridized carbons (Fsp3) is 0.400. The molecule has 3 rings (SSSR count). The zero-order valence-electron chi connectivity index (χ0n) is 20.4. The van der Waals surface area contributed by atoms with Crippen LogP contribution in [0.3, 0.4) is 0 Å². The van der Waals surface area contributed by atoms with Gasteiger partial charge in [-0.05, 0) is 45.7 Å². The Balaban J connectivity index is 1.57. The number of rotatable bonds is 8. The molecule has 1 aromatic heterocycles. The van der Waals surface area contributed by atoms with E-state index in [0.29, 0.717) is 25.1 Å². The van der Waals surface area contributed by atoms with E-state index in [9.17, 15) is 24.0 Å². The first-order chi connectivity index (χ1) is 17.2. The van der Waals surface area contributed by atoms with E-state index < -0.39 is 36.2 Å². The van der Waals surface area contributed by atoms with E-state index in [0.717, 1.165) is 0 Å². The van der Waals surface area contributed by atoms with E-state index in [2.05, 4.69) is 10.6 Å². The number of hydrogen-bond acceptors (Lipinski definition) is 8. The van der Waals surface area contributed by atoms with Crippen molar-refractivity contribution in [3.63, 3.8) is 0 Å². The standard InChI is InChI=1S/C25H29N3O8/c1-4-34-24(32)21-20(15(2)29)16(3)36-22(21)27-19(30)14-35-23(31)17-9-8-12-28(13-17)25(33)26-18-10-6-5-7-11-18/h5-7,10-11,17H,4,8-9,12-14H2,1-3H3,(H,26,33)(H,27,30). The van der Waals surface area contributed by atoms with Crippen LogP contribution in [0.2, 0.25) is 0 Å². The summed E-state index contributed by atoms with van der Waals surface area (Å²) in [4.78, 5) is 63.4. The average molecular weight is 500 g/mol. The topological polar surface area (TPSA) is 144 Å². The Morgan fingerprint density at radius 1 is 1.06 bits per heavy atom. The Kier molecular flexibility index (Phi) is 8.82. The summed E-state index contributed by atoms with van der Waals surface area (Å²) in [6.45, 7) is 4.44. The highest BCUT2D eigenvalue weighted by molar-refractivity contribution is 6.10. The predicted molar refractivity (Wildman–Crippen MR) is 129 cm³/mol. The van der Waals surface area contributed by atoms with Crippen LogP contribution >= 0.6 is 0 Å². The van der Waals surface area contributed by atoms with Crippen molar-refractivity contribution in [3.05, 3.63) is 47.2 Å². The highest BCUT2D eigenvalue weighted by atomic mass is 16.5. The van der Waals surface area contributed by atoms with Crippen molar-refractivity contribution in [1.82, 2.24) is 4.90 Å². The van der Waals surface area contributed by atoms with Gasteiger partial charge in [-0.3, -0.25) is 19.7 Å². The molecule has 3 amide bonds. The second-order valence-electron chi connectivity index (χ2n) is 8.25. The second kappa shape index (κ2) is 12.0. The van der Waals surface area contributed by atoms with E-state index in [1.165, 1.54) is 18.7 Å². The molecule has 1 unspecified atom stereocenters. The van der Waals surface area contributed by atoms with E-state index >= 15 is 0 Å². The predicted octanol–water partition coefficient (Wildman–Crippen LogP) is 3.39. The quantitative estimate of drug-likeness (QED) is 0.415. The average Bonchev–Trinajstić information content (AvgIpc) is 3.19. The van der Waals surface area contributed by atoms with Gasteiger partial charge in [0, 0.05) is 18.8 Å². The number of carbonyl (C=O) groups is 5. The number of piperidine rings is 1. The van der Waals surface area contributed by atoms with Crippen LogP contribution < -0.4 is 10.6 Å². The van der Waals surface area contributed by atoms with Crippen molar-refractivity contribution >= 4 is 41.2 Å². The molecule has 11 heteroatoms. The van der Waals surface area contributed by atoms with Gasteiger partial charge in [0.25, 0.3) is 5.91 Å². The molecule has 2 N–H and O–H groups in total. The third-order valence-corrected chi connectivity index (χ3v) is 5.58. The molecule has 1 aliphatic heterocycles. The van der Waals surface area contributed by atoms with Crippen molar-refractivity contribution in [3.8, 4) is 0 Å². The van der Waals surface area contributed by atoms with Gasteiger partial charge >= 0.3 is 18.0 Å². The number of nitrogens with one attached hydrogen (secondary N) is 2. The minimum Gasteiger partial charge on any atom is -0.462 e. The molecular formula is C25H29N3O8. The summed E-state index contributed by atoms with van der Waals surface area (Å²) in [5.74, 6) is -3.31. The summed E-state index contributed by atoms with van der Waals surface area (Å²) >= 11 is 0. The number of esters is 2. The summed E-state index contributed by atoms with van der Waals surface area (Å²) in [5, 5.41) is 5.15. The fourth-order valence-electron chi connectivity index (χ4n) is 3.95. The van der Waals surface area contributed by atoms with Crippen molar-refractivity contribution in [1.29, 1.82) is 0 Å². The molecular weight excluding hydrogens is 470 g/mol. The molecule has 0 aliphatic carbocycles. The Labute approximate surface area is 208 Å². The normalized spacial score (nSPS) is 15.1. The largest absolute Gasteiger partial charge is 0.462 e. The zero-order valence-corrected chi connectivity index (χ0v) is 20.4. The molecule has 0 spiro atoms. The van der Waals surface area contributed by atoms with Gasteiger partial charge in [-0.1, -0.05) is 18.2 Å². The third-order valence-electron chi connectivity index (χ3n) is 5.58. The number of benzene rings is 1. The molecule has 0 bridgehead atoms. The number of amides is 3. The Bertz CT molecular complexity index is 1140. The highest BCUT2D eigenvalue weighted by Gasteiger charge is 2.31. The molecule has 1 saturated heterocycles. The summed E-state index contributed by atoms with van der Waals surface area (Å²) in [5.41, 5.74) is 0.470.